The molecule has 0 fully saturated rings. The van der Waals surface area contributed by atoms with E-state index in [1.165, 1.54) is 28.5 Å². The Balaban J connectivity index is 2.01. The first-order valence-corrected chi connectivity index (χ1v) is 6.75. The molecule has 1 unspecified atom stereocenters. The second-order valence-corrected chi connectivity index (χ2v) is 4.77. The number of allylic oxidation sites excluding steroid dienone is 1. The second-order valence-electron chi connectivity index (χ2n) is 4.77. The predicted molar refractivity (Wildman–Crippen MR) is 79.3 cm³/mol. The number of aromatic nitrogens is 1. The van der Waals surface area contributed by atoms with Crippen LogP contribution in [0.1, 0.15) is 24.4 Å². The highest BCUT2D eigenvalue weighted by molar-refractivity contribution is 5.14. The van der Waals surface area contributed by atoms with E-state index < -0.39 is 5.82 Å². The molecule has 0 bridgehead atoms. The third-order valence-electron chi connectivity index (χ3n) is 3.34. The summed E-state index contributed by atoms with van der Waals surface area (Å²) in [6.07, 6.45) is 5.57. The lowest BCUT2D eigenvalue weighted by molar-refractivity contribution is 0.500. The molecule has 0 saturated heterocycles. The van der Waals surface area contributed by atoms with E-state index in [2.05, 4.69) is 18.7 Å². The molecule has 2 nitrogen and oxygen atoms in total. The van der Waals surface area contributed by atoms with Crippen LogP contribution in [0.15, 0.2) is 66.1 Å². The van der Waals surface area contributed by atoms with Crippen LogP contribution in [0.5, 0.6) is 0 Å². The van der Waals surface area contributed by atoms with Gasteiger partial charge in [-0.25, -0.2) is 4.39 Å². The number of aryl methyl sites for hydroxylation is 1. The zero-order valence-electron chi connectivity index (χ0n) is 11.3. The summed E-state index contributed by atoms with van der Waals surface area (Å²) in [6.45, 7) is 3.75. The lowest BCUT2D eigenvalue weighted by atomic mass is 10.0. The van der Waals surface area contributed by atoms with Gasteiger partial charge in [0.1, 0.15) is 5.82 Å². The van der Waals surface area contributed by atoms with Crippen LogP contribution in [0.3, 0.4) is 0 Å². The molecule has 2 rings (SSSR count). The highest BCUT2D eigenvalue weighted by Crippen LogP contribution is 2.15. The van der Waals surface area contributed by atoms with Crippen molar-refractivity contribution in [3.8, 4) is 0 Å². The van der Waals surface area contributed by atoms with Gasteiger partial charge in [0.15, 0.2) is 0 Å². The van der Waals surface area contributed by atoms with Gasteiger partial charge < -0.3 is 4.57 Å². The molecule has 0 radical (unpaired) electrons. The molecule has 0 aliphatic heterocycles. The summed E-state index contributed by atoms with van der Waals surface area (Å²) in [4.78, 5) is 11.8. The summed E-state index contributed by atoms with van der Waals surface area (Å²) in [5.74, 6) is -0.403. The Morgan fingerprint density at radius 3 is 2.65 bits per heavy atom. The summed E-state index contributed by atoms with van der Waals surface area (Å²) in [6, 6.07) is 12.4. The molecule has 1 aromatic carbocycles. The van der Waals surface area contributed by atoms with Gasteiger partial charge in [0.25, 0.3) is 5.56 Å². The highest BCUT2D eigenvalue weighted by atomic mass is 19.1. The van der Waals surface area contributed by atoms with E-state index in [0.29, 0.717) is 0 Å². The first-order chi connectivity index (χ1) is 9.70. The average molecular weight is 271 g/mol. The van der Waals surface area contributed by atoms with Crippen molar-refractivity contribution in [1.82, 2.24) is 4.57 Å². The largest absolute Gasteiger partial charge is 0.306 e. The molecule has 2 aromatic rings. The zero-order chi connectivity index (χ0) is 14.4. The normalized spacial score (nSPS) is 12.1. The molecule has 1 aromatic heterocycles. The van der Waals surface area contributed by atoms with Crippen LogP contribution in [0.2, 0.25) is 0 Å². The molecule has 0 aliphatic rings. The molecule has 0 amide bonds. The molecular formula is C17H18FNO. The van der Waals surface area contributed by atoms with Gasteiger partial charge in [0, 0.05) is 12.3 Å². The fourth-order valence-corrected chi connectivity index (χ4v) is 2.27. The van der Waals surface area contributed by atoms with Gasteiger partial charge in [-0.2, -0.15) is 0 Å². The van der Waals surface area contributed by atoms with E-state index in [4.69, 9.17) is 0 Å². The third kappa shape index (κ3) is 3.67. The summed E-state index contributed by atoms with van der Waals surface area (Å²) < 4.78 is 14.6. The second kappa shape index (κ2) is 6.85. The number of pyridine rings is 1. The maximum Gasteiger partial charge on any atom is 0.251 e. The zero-order valence-corrected chi connectivity index (χ0v) is 11.3. The van der Waals surface area contributed by atoms with Crippen molar-refractivity contribution in [3.05, 3.63) is 83.1 Å². The van der Waals surface area contributed by atoms with Crippen LogP contribution in [-0.2, 0) is 6.42 Å². The fourth-order valence-electron chi connectivity index (χ4n) is 2.27. The number of rotatable bonds is 6. The van der Waals surface area contributed by atoms with Gasteiger partial charge >= 0.3 is 0 Å². The lowest BCUT2D eigenvalue weighted by Crippen LogP contribution is -2.23. The van der Waals surface area contributed by atoms with Crippen LogP contribution in [0, 0.1) is 5.82 Å². The van der Waals surface area contributed by atoms with Crippen molar-refractivity contribution in [2.75, 3.05) is 0 Å². The Morgan fingerprint density at radius 1 is 1.20 bits per heavy atom. The average Bonchev–Trinajstić information content (AvgIpc) is 2.48. The number of hydrogen-bond donors (Lipinski definition) is 0. The highest BCUT2D eigenvalue weighted by Gasteiger charge is 2.09. The molecule has 1 atom stereocenters. The van der Waals surface area contributed by atoms with E-state index in [1.807, 2.05) is 18.2 Å². The van der Waals surface area contributed by atoms with Crippen molar-refractivity contribution in [2.45, 2.75) is 25.3 Å². The minimum atomic E-state index is -0.403. The Labute approximate surface area is 118 Å². The van der Waals surface area contributed by atoms with Gasteiger partial charge in [-0.1, -0.05) is 36.4 Å². The van der Waals surface area contributed by atoms with Gasteiger partial charge in [-0.15, -0.1) is 6.58 Å². The lowest BCUT2D eigenvalue weighted by Gasteiger charge is -2.15. The molecule has 0 spiro atoms. The molecule has 3 heteroatoms. The first-order valence-electron chi connectivity index (χ1n) is 6.75. The Bertz CT molecular complexity index is 618. The van der Waals surface area contributed by atoms with Gasteiger partial charge in [0.2, 0.25) is 0 Å². The van der Waals surface area contributed by atoms with E-state index in [0.717, 1.165) is 19.3 Å². The van der Waals surface area contributed by atoms with E-state index in [9.17, 15) is 9.18 Å². The quantitative estimate of drug-likeness (QED) is 0.734. The summed E-state index contributed by atoms with van der Waals surface area (Å²) in [7, 11) is 0. The number of hydrogen-bond acceptors (Lipinski definition) is 1. The van der Waals surface area contributed by atoms with Crippen LogP contribution in [0.25, 0.3) is 0 Å². The first kappa shape index (κ1) is 14.3. The molecule has 104 valence electrons. The standard InChI is InChI=1S/C17H18FNO/c1-2-16(19-13-15(18)11-12-17(19)20)10-6-9-14-7-4-3-5-8-14/h2-5,7-8,11-13,16H,1,6,9-10H2. The van der Waals surface area contributed by atoms with Crippen molar-refractivity contribution in [3.63, 3.8) is 0 Å². The van der Waals surface area contributed by atoms with Crippen LogP contribution in [-0.4, -0.2) is 4.57 Å². The third-order valence-corrected chi connectivity index (χ3v) is 3.34. The van der Waals surface area contributed by atoms with Gasteiger partial charge in [-0.05, 0) is 30.9 Å². The molecule has 0 aliphatic carbocycles. The van der Waals surface area contributed by atoms with E-state index >= 15 is 0 Å². The monoisotopic (exact) mass is 271 g/mol. The molecular weight excluding hydrogens is 253 g/mol. The predicted octanol–water partition coefficient (Wildman–Crippen LogP) is 3.74. The number of nitrogens with zero attached hydrogens (tertiary/aromatic N) is 1. The summed E-state index contributed by atoms with van der Waals surface area (Å²) in [5, 5.41) is 0. The minimum Gasteiger partial charge on any atom is -0.306 e. The maximum absolute atomic E-state index is 13.2. The van der Waals surface area contributed by atoms with Crippen LogP contribution in [0.4, 0.5) is 4.39 Å². The number of benzene rings is 1. The summed E-state index contributed by atoms with van der Waals surface area (Å²) in [5.41, 5.74) is 1.07. The van der Waals surface area contributed by atoms with Gasteiger partial charge in [-0.3, -0.25) is 4.79 Å². The molecule has 0 saturated carbocycles. The number of halogens is 1. The van der Waals surface area contributed by atoms with Crippen molar-refractivity contribution in [2.24, 2.45) is 0 Å². The Hall–Kier alpha value is -2.16. The van der Waals surface area contributed by atoms with Crippen molar-refractivity contribution < 1.29 is 4.39 Å². The van der Waals surface area contributed by atoms with Crippen molar-refractivity contribution >= 4 is 0 Å². The minimum absolute atomic E-state index is 0.165. The Morgan fingerprint density at radius 2 is 1.95 bits per heavy atom. The molecule has 0 N–H and O–H groups in total. The Kier molecular flexibility index (Phi) is 4.88. The van der Waals surface area contributed by atoms with Gasteiger partial charge in [0.05, 0.1) is 6.04 Å². The van der Waals surface area contributed by atoms with Crippen molar-refractivity contribution in [1.29, 1.82) is 0 Å². The topological polar surface area (TPSA) is 22.0 Å². The fraction of sp³-hybridized carbons (Fsp3) is 0.235. The molecule has 20 heavy (non-hydrogen) atoms. The SMILES string of the molecule is C=CC(CCCc1ccccc1)n1cc(F)ccc1=O. The van der Waals surface area contributed by atoms with Crippen LogP contribution < -0.4 is 5.56 Å². The van der Waals surface area contributed by atoms with E-state index in [-0.39, 0.29) is 11.6 Å². The van der Waals surface area contributed by atoms with Crippen LogP contribution >= 0.6 is 0 Å². The van der Waals surface area contributed by atoms with E-state index in [1.54, 1.807) is 6.08 Å². The molecule has 1 heterocycles. The smallest absolute Gasteiger partial charge is 0.251 e. The summed E-state index contributed by atoms with van der Waals surface area (Å²) >= 11 is 0. The maximum atomic E-state index is 13.2.